The molecule has 1 fully saturated rings. The summed E-state index contributed by atoms with van der Waals surface area (Å²) >= 11 is 1.94. The Kier molecular flexibility index (Phi) is 5.04. The van der Waals surface area contributed by atoms with E-state index in [0.29, 0.717) is 6.04 Å². The lowest BCUT2D eigenvalue weighted by Crippen LogP contribution is -2.54. The SMILES string of the molecule is CCNC(c1ccc(C)s1)C(C)(C)N1CCCCC1. The molecule has 1 unspecified atom stereocenters. The third-order valence-electron chi connectivity index (χ3n) is 4.33. The predicted octanol–water partition coefficient (Wildman–Crippen LogP) is 3.97. The van der Waals surface area contributed by atoms with Crippen LogP contribution in [0, 0.1) is 6.92 Å². The maximum absolute atomic E-state index is 3.72. The van der Waals surface area contributed by atoms with E-state index in [1.54, 1.807) is 0 Å². The van der Waals surface area contributed by atoms with Gasteiger partial charge in [0.25, 0.3) is 0 Å². The van der Waals surface area contributed by atoms with Gasteiger partial charge in [0.05, 0.1) is 6.04 Å². The Balaban J connectivity index is 2.20. The van der Waals surface area contributed by atoms with Gasteiger partial charge < -0.3 is 5.32 Å². The average Bonchev–Trinajstić information content (AvgIpc) is 2.83. The number of hydrogen-bond donors (Lipinski definition) is 1. The smallest absolute Gasteiger partial charge is 0.0596 e. The summed E-state index contributed by atoms with van der Waals surface area (Å²) in [7, 11) is 0. The summed E-state index contributed by atoms with van der Waals surface area (Å²) in [5.74, 6) is 0. The van der Waals surface area contributed by atoms with Crippen molar-refractivity contribution in [2.24, 2.45) is 0 Å². The number of likely N-dealkylation sites (N-methyl/N-ethyl adjacent to an activating group) is 1. The van der Waals surface area contributed by atoms with E-state index in [0.717, 1.165) is 6.54 Å². The molecule has 19 heavy (non-hydrogen) atoms. The first-order chi connectivity index (χ1) is 9.05. The molecule has 0 amide bonds. The van der Waals surface area contributed by atoms with Crippen LogP contribution in [-0.2, 0) is 0 Å². The molecule has 1 aliphatic heterocycles. The van der Waals surface area contributed by atoms with E-state index >= 15 is 0 Å². The molecule has 1 aliphatic rings. The van der Waals surface area contributed by atoms with Gasteiger partial charge in [-0.05, 0) is 65.4 Å². The minimum absolute atomic E-state index is 0.188. The van der Waals surface area contributed by atoms with Gasteiger partial charge >= 0.3 is 0 Å². The van der Waals surface area contributed by atoms with Crippen molar-refractivity contribution in [2.45, 2.75) is 58.5 Å². The number of hydrogen-bond acceptors (Lipinski definition) is 3. The van der Waals surface area contributed by atoms with Crippen molar-refractivity contribution >= 4 is 11.3 Å². The molecule has 2 heterocycles. The van der Waals surface area contributed by atoms with Crippen LogP contribution in [0.25, 0.3) is 0 Å². The van der Waals surface area contributed by atoms with Gasteiger partial charge in [-0.25, -0.2) is 0 Å². The molecular formula is C16H28N2S. The van der Waals surface area contributed by atoms with Crippen molar-refractivity contribution in [1.29, 1.82) is 0 Å². The average molecular weight is 280 g/mol. The standard InChI is InChI=1S/C16H28N2S/c1-5-17-15(14-10-9-13(2)19-14)16(3,4)18-11-7-6-8-12-18/h9-10,15,17H,5-8,11-12H2,1-4H3. The molecule has 2 rings (SSSR count). The first-order valence-electron chi connectivity index (χ1n) is 7.60. The van der Waals surface area contributed by atoms with Crippen molar-refractivity contribution < 1.29 is 0 Å². The molecule has 108 valence electrons. The Morgan fingerprint density at radius 1 is 1.26 bits per heavy atom. The third-order valence-corrected chi connectivity index (χ3v) is 5.40. The van der Waals surface area contributed by atoms with Crippen molar-refractivity contribution in [1.82, 2.24) is 10.2 Å². The number of thiophene rings is 1. The largest absolute Gasteiger partial charge is 0.308 e. The first kappa shape index (κ1) is 15.0. The number of rotatable bonds is 5. The Labute approximate surface area is 122 Å². The molecule has 1 saturated heterocycles. The van der Waals surface area contributed by atoms with E-state index in [2.05, 4.69) is 50.0 Å². The van der Waals surface area contributed by atoms with E-state index in [4.69, 9.17) is 0 Å². The van der Waals surface area contributed by atoms with E-state index in [1.165, 1.54) is 42.1 Å². The highest BCUT2D eigenvalue weighted by molar-refractivity contribution is 7.12. The van der Waals surface area contributed by atoms with Gasteiger partial charge in [0.1, 0.15) is 0 Å². The molecule has 1 aromatic heterocycles. The molecule has 1 aromatic rings. The lowest BCUT2D eigenvalue weighted by Gasteiger charge is -2.46. The Bertz CT molecular complexity index is 391. The zero-order valence-corrected chi connectivity index (χ0v) is 13.6. The van der Waals surface area contributed by atoms with Crippen molar-refractivity contribution in [3.8, 4) is 0 Å². The van der Waals surface area contributed by atoms with Crippen LogP contribution in [0.5, 0.6) is 0 Å². The van der Waals surface area contributed by atoms with Crippen LogP contribution in [-0.4, -0.2) is 30.1 Å². The molecule has 2 nitrogen and oxygen atoms in total. The second-order valence-electron chi connectivity index (χ2n) is 6.14. The van der Waals surface area contributed by atoms with Gasteiger partial charge in [0, 0.05) is 15.3 Å². The van der Waals surface area contributed by atoms with Crippen LogP contribution < -0.4 is 5.32 Å². The van der Waals surface area contributed by atoms with Gasteiger partial charge in [-0.1, -0.05) is 13.3 Å². The zero-order chi connectivity index (χ0) is 13.9. The maximum Gasteiger partial charge on any atom is 0.0596 e. The second-order valence-corrected chi connectivity index (χ2v) is 7.46. The molecule has 1 N–H and O–H groups in total. The third kappa shape index (κ3) is 3.39. The molecule has 0 aliphatic carbocycles. The topological polar surface area (TPSA) is 15.3 Å². The predicted molar refractivity (Wildman–Crippen MR) is 85.0 cm³/mol. The number of likely N-dealkylation sites (tertiary alicyclic amines) is 1. The Morgan fingerprint density at radius 2 is 1.95 bits per heavy atom. The normalized spacial score (nSPS) is 19.6. The monoisotopic (exact) mass is 280 g/mol. The molecular weight excluding hydrogens is 252 g/mol. The van der Waals surface area contributed by atoms with Gasteiger partial charge in [-0.2, -0.15) is 0 Å². The van der Waals surface area contributed by atoms with Crippen molar-refractivity contribution in [3.05, 3.63) is 21.9 Å². The molecule has 0 bridgehead atoms. The quantitative estimate of drug-likeness (QED) is 0.878. The zero-order valence-electron chi connectivity index (χ0n) is 12.8. The van der Waals surface area contributed by atoms with E-state index < -0.39 is 0 Å². The van der Waals surface area contributed by atoms with Gasteiger partial charge in [-0.15, -0.1) is 11.3 Å². The Morgan fingerprint density at radius 3 is 2.47 bits per heavy atom. The summed E-state index contributed by atoms with van der Waals surface area (Å²) in [4.78, 5) is 5.57. The number of aryl methyl sites for hydroxylation is 1. The minimum Gasteiger partial charge on any atom is -0.308 e. The Hall–Kier alpha value is -0.380. The fraction of sp³-hybridized carbons (Fsp3) is 0.750. The number of piperidine rings is 1. The van der Waals surface area contributed by atoms with Gasteiger partial charge in [-0.3, -0.25) is 4.90 Å². The fourth-order valence-electron chi connectivity index (χ4n) is 3.16. The number of nitrogens with zero attached hydrogens (tertiary/aromatic N) is 1. The molecule has 0 spiro atoms. The van der Waals surface area contributed by atoms with Crippen LogP contribution in [0.4, 0.5) is 0 Å². The van der Waals surface area contributed by atoms with E-state index in [1.807, 2.05) is 11.3 Å². The maximum atomic E-state index is 3.72. The van der Waals surface area contributed by atoms with E-state index in [9.17, 15) is 0 Å². The summed E-state index contributed by atoms with van der Waals surface area (Å²) in [6.45, 7) is 12.7. The summed E-state index contributed by atoms with van der Waals surface area (Å²) in [6, 6.07) is 4.99. The molecule has 1 atom stereocenters. The molecule has 0 aromatic carbocycles. The van der Waals surface area contributed by atoms with Crippen LogP contribution in [0.1, 0.15) is 55.8 Å². The highest BCUT2D eigenvalue weighted by atomic mass is 32.1. The molecule has 0 radical (unpaired) electrons. The van der Waals surface area contributed by atoms with Crippen molar-refractivity contribution in [3.63, 3.8) is 0 Å². The highest BCUT2D eigenvalue weighted by Crippen LogP contribution is 2.36. The fourth-order valence-corrected chi connectivity index (χ4v) is 4.30. The van der Waals surface area contributed by atoms with Crippen LogP contribution in [0.3, 0.4) is 0 Å². The first-order valence-corrected chi connectivity index (χ1v) is 8.42. The van der Waals surface area contributed by atoms with Crippen molar-refractivity contribution in [2.75, 3.05) is 19.6 Å². The second kappa shape index (κ2) is 6.38. The molecule has 0 saturated carbocycles. The van der Waals surface area contributed by atoms with Gasteiger partial charge in [0.2, 0.25) is 0 Å². The lowest BCUT2D eigenvalue weighted by atomic mass is 9.89. The van der Waals surface area contributed by atoms with Crippen LogP contribution in [0.15, 0.2) is 12.1 Å². The number of nitrogens with one attached hydrogen (secondary N) is 1. The summed E-state index contributed by atoms with van der Waals surface area (Å²) in [6.07, 6.45) is 4.11. The minimum atomic E-state index is 0.188. The highest BCUT2D eigenvalue weighted by Gasteiger charge is 2.37. The summed E-state index contributed by atoms with van der Waals surface area (Å²) in [5.41, 5.74) is 0.188. The molecule has 3 heteroatoms. The lowest BCUT2D eigenvalue weighted by molar-refractivity contribution is 0.0624. The van der Waals surface area contributed by atoms with Crippen LogP contribution >= 0.6 is 11.3 Å². The van der Waals surface area contributed by atoms with E-state index in [-0.39, 0.29) is 5.54 Å². The van der Waals surface area contributed by atoms with Crippen LogP contribution in [0.2, 0.25) is 0 Å². The summed E-state index contributed by atoms with van der Waals surface area (Å²) < 4.78 is 0. The summed E-state index contributed by atoms with van der Waals surface area (Å²) in [5, 5.41) is 3.72. The van der Waals surface area contributed by atoms with Gasteiger partial charge in [0.15, 0.2) is 0 Å².